The highest BCUT2D eigenvalue weighted by Gasteiger charge is 2.24. The maximum absolute atomic E-state index is 9.93. The first-order valence-electron chi connectivity index (χ1n) is 22.6. The maximum atomic E-state index is 9.93. The van der Waals surface area contributed by atoms with Crippen molar-refractivity contribution in [3.63, 3.8) is 0 Å². The number of amides is 2. The first-order valence-corrected chi connectivity index (χ1v) is 23.3. The van der Waals surface area contributed by atoms with E-state index in [2.05, 4.69) is 68.5 Å². The largest absolute Gasteiger partial charge is 0.508 e. The lowest BCUT2D eigenvalue weighted by atomic mass is 9.89. The highest BCUT2D eigenvalue weighted by Crippen LogP contribution is 2.31. The van der Waals surface area contributed by atoms with E-state index in [9.17, 15) is 14.7 Å². The van der Waals surface area contributed by atoms with Crippen molar-refractivity contribution in [2.24, 2.45) is 15.4 Å². The Balaban J connectivity index is 0.000000233. The molecule has 2 aliphatic heterocycles. The lowest BCUT2D eigenvalue weighted by Gasteiger charge is -2.24. The number of nitrogens with zero attached hydrogens (tertiary/aromatic N) is 8. The third-order valence-electron chi connectivity index (χ3n) is 10.1. The number of rotatable bonds is 9. The van der Waals surface area contributed by atoms with E-state index in [0.717, 1.165) is 100 Å². The number of fused-ring (bicyclic) bond motifs is 6. The molecule has 0 aliphatic carbocycles. The van der Waals surface area contributed by atoms with Crippen LogP contribution < -0.4 is 15.4 Å². The van der Waals surface area contributed by atoms with Crippen molar-refractivity contribution >= 4 is 46.4 Å². The van der Waals surface area contributed by atoms with Crippen molar-refractivity contribution in [3.8, 4) is 22.9 Å². The number of hydrogen-bond acceptors (Lipinski definition) is 10. The fourth-order valence-corrected chi connectivity index (χ4v) is 7.59. The fraction of sp³-hybridized carbons (Fsp3) is 0.373. The number of nitrogens with one attached hydrogen (secondary N) is 2. The molecule has 0 spiro atoms. The summed E-state index contributed by atoms with van der Waals surface area (Å²) in [6.45, 7) is 24.4. The lowest BCUT2D eigenvalue weighted by Crippen LogP contribution is -2.21. The molecule has 0 atom stereocenters. The van der Waals surface area contributed by atoms with Gasteiger partial charge in [-0.1, -0.05) is 64.2 Å². The molecule has 4 heterocycles. The number of carbonyl (C=O) groups excluding carboxylic acids is 2. The molecule has 2 aromatic heterocycles. The molecular weight excluding hydrogens is 888 g/mol. The van der Waals surface area contributed by atoms with Crippen LogP contribution in [0.1, 0.15) is 121 Å². The number of aromatic nitrogens is 6. The van der Waals surface area contributed by atoms with Crippen LogP contribution >= 0.6 is 23.2 Å². The number of aliphatic imine (C=N–C) groups is 2. The average Bonchev–Trinajstić information content (AvgIpc) is 3.74. The minimum absolute atomic E-state index is 0.0394. The van der Waals surface area contributed by atoms with Crippen LogP contribution in [0.3, 0.4) is 0 Å². The second-order valence-electron chi connectivity index (χ2n) is 16.1. The Labute approximate surface area is 405 Å². The van der Waals surface area contributed by atoms with Gasteiger partial charge in [-0.25, -0.2) is 0 Å². The third kappa shape index (κ3) is 14.8. The van der Waals surface area contributed by atoms with E-state index < -0.39 is 0 Å². The summed E-state index contributed by atoms with van der Waals surface area (Å²) in [5, 5.41) is 32.8. The smallest absolute Gasteiger partial charge is 0.216 e. The molecule has 0 saturated heterocycles. The molecule has 67 heavy (non-hydrogen) atoms. The van der Waals surface area contributed by atoms with Crippen LogP contribution in [-0.2, 0) is 22.7 Å². The number of hydrogen-bond donors (Lipinski definition) is 3. The van der Waals surface area contributed by atoms with Crippen LogP contribution in [0, 0.1) is 19.3 Å². The zero-order chi connectivity index (χ0) is 49.3. The van der Waals surface area contributed by atoms with Gasteiger partial charge in [0.05, 0.1) is 29.4 Å². The first-order chi connectivity index (χ1) is 32.0. The number of phenols is 1. The van der Waals surface area contributed by atoms with Crippen molar-refractivity contribution in [2.45, 2.75) is 102 Å². The summed E-state index contributed by atoms with van der Waals surface area (Å²) in [6, 6.07) is 26.7. The van der Waals surface area contributed by atoms with Gasteiger partial charge in [0.15, 0.2) is 11.6 Å². The molecule has 16 heteroatoms. The zero-order valence-corrected chi connectivity index (χ0v) is 42.1. The van der Waals surface area contributed by atoms with Crippen molar-refractivity contribution in [1.29, 1.82) is 0 Å². The normalized spacial score (nSPS) is 11.9. The van der Waals surface area contributed by atoms with Crippen molar-refractivity contribution in [1.82, 2.24) is 40.2 Å². The highest BCUT2D eigenvalue weighted by atomic mass is 35.5. The molecule has 0 unspecified atom stereocenters. The zero-order valence-electron chi connectivity index (χ0n) is 40.5. The molecule has 14 nitrogen and oxygen atoms in total. The molecule has 2 aliphatic rings. The molecule has 0 saturated carbocycles. The van der Waals surface area contributed by atoms with E-state index in [0.29, 0.717) is 29.7 Å². The molecule has 0 bridgehead atoms. The van der Waals surface area contributed by atoms with Gasteiger partial charge in [-0.3, -0.25) is 28.7 Å². The predicted molar refractivity (Wildman–Crippen MR) is 270 cm³/mol. The second kappa shape index (κ2) is 25.5. The molecule has 356 valence electrons. The van der Waals surface area contributed by atoms with Crippen molar-refractivity contribution in [2.75, 3.05) is 19.7 Å². The van der Waals surface area contributed by atoms with Crippen LogP contribution in [0.25, 0.3) is 11.4 Å². The Morgan fingerprint density at radius 1 is 0.672 bits per heavy atom. The van der Waals surface area contributed by atoms with Gasteiger partial charge in [-0.2, -0.15) is 0 Å². The summed E-state index contributed by atoms with van der Waals surface area (Å²) in [4.78, 5) is 29.4. The van der Waals surface area contributed by atoms with E-state index in [1.807, 2.05) is 107 Å². The summed E-state index contributed by atoms with van der Waals surface area (Å²) < 4.78 is 10.1. The summed E-state index contributed by atoms with van der Waals surface area (Å²) >= 11 is 12.6. The van der Waals surface area contributed by atoms with Crippen LogP contribution in [0.5, 0.6) is 11.5 Å². The topological polar surface area (TPSA) is 174 Å². The van der Waals surface area contributed by atoms with Crippen molar-refractivity contribution < 1.29 is 19.4 Å². The quantitative estimate of drug-likeness (QED) is 0.128. The Hall–Kier alpha value is -6.38. The standard InChI is InChI=1S/C24H27ClN4O.C17H13ClN4O.2C4H9NO.C2H6/c1-5-12-24(3,4)15-30-19-9-6-17(7-10-19)23-20-13-18(25)8-11-21(20)29-16(2)27-28-22(29)14-26-23;1-10-20-21-16-9-19-17(11-2-5-13(23)6-3-11)14-8-12(18)4-7-15(14)22(10)16;2*1-3-5-4(2)6;1-2/h6-11,13H,5,12,14-15H2,1-4H3;2-8,23H,9H2,1H3;2*3H2,1-2H3,(H,5,6);1-2H3. The SMILES string of the molecule is CC.CCCC(C)(C)COc1ccc(C2=NCc3nnc(C)n3-c3ccc(Cl)cc32)cc1.CCNC(C)=O.CCNC(C)=O.Cc1nnc2n1-c1ccc(Cl)cc1C(c1ccc(O)cc1)=NC2. The van der Waals surface area contributed by atoms with E-state index in [-0.39, 0.29) is 23.0 Å². The third-order valence-corrected chi connectivity index (χ3v) is 10.6. The van der Waals surface area contributed by atoms with Gasteiger partial charge >= 0.3 is 0 Å². The molecular formula is C51H64Cl2N10O4. The Kier molecular flexibility index (Phi) is 20.3. The number of aryl methyl sites for hydroxylation is 2. The van der Waals surface area contributed by atoms with Gasteiger partial charge in [0.2, 0.25) is 11.8 Å². The van der Waals surface area contributed by atoms with E-state index >= 15 is 0 Å². The van der Waals surface area contributed by atoms with E-state index in [1.54, 1.807) is 12.1 Å². The Morgan fingerprint density at radius 2 is 1.09 bits per heavy atom. The summed E-state index contributed by atoms with van der Waals surface area (Å²) in [7, 11) is 0. The molecule has 0 radical (unpaired) electrons. The van der Waals surface area contributed by atoms with Gasteiger partial charge in [-0.05, 0) is 124 Å². The Morgan fingerprint density at radius 3 is 1.46 bits per heavy atom. The minimum Gasteiger partial charge on any atom is -0.508 e. The molecule has 0 fully saturated rings. The van der Waals surface area contributed by atoms with E-state index in [4.69, 9.17) is 37.9 Å². The molecule has 3 N–H and O–H groups in total. The summed E-state index contributed by atoms with van der Waals surface area (Å²) in [6.07, 6.45) is 2.30. The monoisotopic (exact) mass is 950 g/mol. The predicted octanol–water partition coefficient (Wildman–Crippen LogP) is 10.4. The van der Waals surface area contributed by atoms with Crippen LogP contribution in [-0.4, -0.2) is 77.6 Å². The van der Waals surface area contributed by atoms with Gasteiger partial charge in [-0.15, -0.1) is 20.4 Å². The number of aromatic hydroxyl groups is 1. The number of benzene rings is 4. The maximum Gasteiger partial charge on any atom is 0.216 e. The van der Waals surface area contributed by atoms with E-state index in [1.165, 1.54) is 13.8 Å². The Bertz CT molecular complexity index is 2620. The van der Waals surface area contributed by atoms with Gasteiger partial charge < -0.3 is 20.5 Å². The lowest BCUT2D eigenvalue weighted by molar-refractivity contribution is -0.119. The molecule has 4 aromatic carbocycles. The number of halogens is 2. The average molecular weight is 952 g/mol. The number of phenolic OH excluding ortho intramolecular Hbond substituents is 1. The van der Waals surface area contributed by atoms with Gasteiger partial charge in [0.1, 0.15) is 36.2 Å². The molecule has 8 rings (SSSR count). The van der Waals surface area contributed by atoms with Gasteiger partial charge in [0.25, 0.3) is 0 Å². The fourth-order valence-electron chi connectivity index (χ4n) is 7.25. The summed E-state index contributed by atoms with van der Waals surface area (Å²) in [5.41, 5.74) is 7.68. The summed E-state index contributed by atoms with van der Waals surface area (Å²) in [5.74, 6) is 4.44. The second-order valence-corrected chi connectivity index (χ2v) is 17.0. The van der Waals surface area contributed by atoms with Gasteiger partial charge in [0, 0.05) is 59.2 Å². The molecule has 2 amide bonds. The van der Waals surface area contributed by atoms with Crippen LogP contribution in [0.4, 0.5) is 0 Å². The van der Waals surface area contributed by atoms with Crippen LogP contribution in [0.15, 0.2) is 94.9 Å². The van der Waals surface area contributed by atoms with Crippen LogP contribution in [0.2, 0.25) is 10.0 Å². The van der Waals surface area contributed by atoms with Crippen molar-refractivity contribution in [3.05, 3.63) is 141 Å². The minimum atomic E-state index is 0.0394. The first kappa shape index (κ1) is 53.2. The molecule has 6 aromatic rings. The number of ether oxygens (including phenoxy) is 1. The number of carbonyl (C=O) groups is 2. The highest BCUT2D eigenvalue weighted by molar-refractivity contribution is 6.32.